The van der Waals surface area contributed by atoms with Gasteiger partial charge in [0.1, 0.15) is 17.0 Å². The van der Waals surface area contributed by atoms with Crippen LogP contribution in [0.4, 0.5) is 4.39 Å². The molecule has 0 spiro atoms. The summed E-state index contributed by atoms with van der Waals surface area (Å²) in [5.74, 6) is 1.03. The van der Waals surface area contributed by atoms with Gasteiger partial charge in [0.15, 0.2) is 10.8 Å². The first-order chi connectivity index (χ1) is 16.0. The van der Waals surface area contributed by atoms with E-state index in [0.717, 1.165) is 0 Å². The number of ether oxygens (including phenoxy) is 1. The Morgan fingerprint density at radius 1 is 1.21 bits per heavy atom. The number of rotatable bonds is 6. The average molecular weight is 485 g/mol. The third-order valence-electron chi connectivity index (χ3n) is 4.74. The number of nitrogens with one attached hydrogen (secondary N) is 1. The Balaban J connectivity index is 1.49. The molecule has 1 N–H and O–H groups in total. The molecule has 9 nitrogen and oxygen atoms in total. The van der Waals surface area contributed by atoms with E-state index in [-0.39, 0.29) is 17.1 Å². The van der Waals surface area contributed by atoms with Crippen molar-refractivity contribution in [1.82, 2.24) is 29.9 Å². The van der Waals surface area contributed by atoms with E-state index < -0.39 is 0 Å². The number of nitrogens with zero attached hydrogens (tertiary/aromatic N) is 5. The van der Waals surface area contributed by atoms with Crippen LogP contribution in [-0.4, -0.2) is 37.0 Å². The summed E-state index contributed by atoms with van der Waals surface area (Å²) in [4.78, 5) is 22.1. The van der Waals surface area contributed by atoms with Crippen LogP contribution in [0.2, 0.25) is 5.02 Å². The van der Waals surface area contributed by atoms with Crippen LogP contribution in [0.3, 0.4) is 0 Å². The summed E-state index contributed by atoms with van der Waals surface area (Å²) in [6.07, 6.45) is 1.42. The molecule has 0 aliphatic heterocycles. The molecule has 0 unspecified atom stereocenters. The van der Waals surface area contributed by atoms with E-state index >= 15 is 0 Å². The zero-order valence-electron chi connectivity index (χ0n) is 17.0. The minimum atomic E-state index is -0.352. The number of benzene rings is 2. The normalized spacial score (nSPS) is 11.2. The molecule has 0 aliphatic rings. The molecule has 5 rings (SSSR count). The lowest BCUT2D eigenvalue weighted by molar-refractivity contribution is 0.391. The SMILES string of the molecule is COc1ccc(-n2c(SCc3nc(-c4ccc(F)cc4)no3)nc3[nH]ncc3c2=O)cc1Cl. The van der Waals surface area contributed by atoms with Gasteiger partial charge >= 0.3 is 0 Å². The molecule has 0 atom stereocenters. The van der Waals surface area contributed by atoms with Gasteiger partial charge in [-0.1, -0.05) is 28.5 Å². The van der Waals surface area contributed by atoms with Gasteiger partial charge in [0.2, 0.25) is 11.7 Å². The topological polar surface area (TPSA) is 112 Å². The maximum atomic E-state index is 13.2. The Hall–Kier alpha value is -3.70. The standard InChI is InChI=1S/C21H14ClFN6O3S/c1-31-16-7-6-13(8-15(16)22)29-20(30)14-9-24-27-19(14)26-21(29)33-10-17-25-18(28-32-17)11-2-4-12(23)5-3-11/h2-9H,10H2,1H3,(H,24,27). The highest BCUT2D eigenvalue weighted by atomic mass is 35.5. The van der Waals surface area contributed by atoms with Gasteiger partial charge in [0.25, 0.3) is 5.56 Å². The number of methoxy groups -OCH3 is 1. The minimum absolute atomic E-state index is 0.240. The summed E-state index contributed by atoms with van der Waals surface area (Å²) >= 11 is 7.51. The quantitative estimate of drug-likeness (QED) is 0.281. The summed E-state index contributed by atoms with van der Waals surface area (Å²) in [6.45, 7) is 0. The lowest BCUT2D eigenvalue weighted by Gasteiger charge is -2.12. The largest absolute Gasteiger partial charge is 0.495 e. The molecule has 2 aromatic carbocycles. The van der Waals surface area contributed by atoms with Crippen LogP contribution in [0.1, 0.15) is 5.89 Å². The summed E-state index contributed by atoms with van der Waals surface area (Å²) in [6, 6.07) is 10.8. The molecule has 0 saturated heterocycles. The minimum Gasteiger partial charge on any atom is -0.495 e. The first kappa shape index (κ1) is 21.2. The molecule has 0 amide bonds. The van der Waals surface area contributed by atoms with Crippen molar-refractivity contribution in [1.29, 1.82) is 0 Å². The number of aromatic amines is 1. The fourth-order valence-corrected chi connectivity index (χ4v) is 4.24. The molecule has 166 valence electrons. The summed E-state index contributed by atoms with van der Waals surface area (Å²) in [7, 11) is 1.51. The van der Waals surface area contributed by atoms with Crippen LogP contribution in [0, 0.1) is 5.82 Å². The molecule has 12 heteroatoms. The molecular formula is C21H14ClFN6O3S. The fourth-order valence-electron chi connectivity index (χ4n) is 3.15. The lowest BCUT2D eigenvalue weighted by atomic mass is 10.2. The Morgan fingerprint density at radius 2 is 2.03 bits per heavy atom. The third-order valence-corrected chi connectivity index (χ3v) is 5.96. The molecule has 5 aromatic rings. The smallest absolute Gasteiger partial charge is 0.269 e. The van der Waals surface area contributed by atoms with Gasteiger partial charge < -0.3 is 9.26 Å². The van der Waals surface area contributed by atoms with Gasteiger partial charge in [0, 0.05) is 5.56 Å². The van der Waals surface area contributed by atoms with E-state index in [4.69, 9.17) is 20.9 Å². The van der Waals surface area contributed by atoms with E-state index in [1.165, 1.54) is 41.8 Å². The van der Waals surface area contributed by atoms with Gasteiger partial charge in [0.05, 0.1) is 29.8 Å². The molecule has 0 bridgehead atoms. The van der Waals surface area contributed by atoms with Crippen LogP contribution in [0.5, 0.6) is 5.75 Å². The number of H-pyrrole nitrogens is 1. The van der Waals surface area contributed by atoms with Gasteiger partial charge in [-0.3, -0.25) is 14.5 Å². The molecule has 0 saturated carbocycles. The highest BCUT2D eigenvalue weighted by Gasteiger charge is 2.17. The van der Waals surface area contributed by atoms with Crippen molar-refractivity contribution in [3.63, 3.8) is 0 Å². The highest BCUT2D eigenvalue weighted by Crippen LogP contribution is 2.29. The van der Waals surface area contributed by atoms with Gasteiger partial charge in [-0.15, -0.1) is 0 Å². The zero-order valence-corrected chi connectivity index (χ0v) is 18.5. The maximum Gasteiger partial charge on any atom is 0.269 e. The number of halogens is 2. The average Bonchev–Trinajstić information content (AvgIpc) is 3.48. The zero-order chi connectivity index (χ0) is 22.9. The summed E-state index contributed by atoms with van der Waals surface area (Å²) < 4.78 is 25.1. The van der Waals surface area contributed by atoms with Crippen molar-refractivity contribution in [3.05, 3.63) is 75.7 Å². The molecule has 0 radical (unpaired) electrons. The molecular weight excluding hydrogens is 471 g/mol. The van der Waals surface area contributed by atoms with E-state index in [2.05, 4.69) is 25.3 Å². The number of hydrogen-bond donors (Lipinski definition) is 1. The summed E-state index contributed by atoms with van der Waals surface area (Å²) in [5, 5.41) is 11.6. The molecule has 0 fully saturated rings. The highest BCUT2D eigenvalue weighted by molar-refractivity contribution is 7.98. The third kappa shape index (κ3) is 4.08. The lowest BCUT2D eigenvalue weighted by Crippen LogP contribution is -2.21. The van der Waals surface area contributed by atoms with Crippen LogP contribution in [0.25, 0.3) is 28.1 Å². The predicted molar refractivity (Wildman–Crippen MR) is 120 cm³/mol. The predicted octanol–water partition coefficient (Wildman–Crippen LogP) is 4.25. The van der Waals surface area contributed by atoms with E-state index in [1.807, 2.05) is 0 Å². The number of fused-ring (bicyclic) bond motifs is 1. The van der Waals surface area contributed by atoms with Crippen molar-refractivity contribution in [2.24, 2.45) is 0 Å². The van der Waals surface area contributed by atoms with Crippen LogP contribution >= 0.6 is 23.4 Å². The van der Waals surface area contributed by atoms with Crippen molar-refractivity contribution in [2.75, 3.05) is 7.11 Å². The first-order valence-corrected chi connectivity index (χ1v) is 10.9. The van der Waals surface area contributed by atoms with Gasteiger partial charge in [-0.25, -0.2) is 9.37 Å². The van der Waals surface area contributed by atoms with E-state index in [0.29, 0.717) is 49.9 Å². The second-order valence-corrected chi connectivity index (χ2v) is 8.14. The van der Waals surface area contributed by atoms with Gasteiger partial charge in [-0.05, 0) is 42.5 Å². The number of hydrogen-bond acceptors (Lipinski definition) is 8. The second kappa shape index (κ2) is 8.68. The number of thioether (sulfide) groups is 1. The van der Waals surface area contributed by atoms with E-state index in [1.54, 1.807) is 30.3 Å². The maximum absolute atomic E-state index is 13.2. The fraction of sp³-hybridized carbons (Fsp3) is 0.0952. The first-order valence-electron chi connectivity index (χ1n) is 9.55. The van der Waals surface area contributed by atoms with E-state index in [9.17, 15) is 9.18 Å². The summed E-state index contributed by atoms with van der Waals surface area (Å²) in [5.41, 5.74) is 1.19. The van der Waals surface area contributed by atoms with Crippen LogP contribution in [0.15, 0.2) is 63.1 Å². The van der Waals surface area contributed by atoms with Crippen molar-refractivity contribution < 1.29 is 13.7 Å². The van der Waals surface area contributed by atoms with Crippen molar-refractivity contribution in [2.45, 2.75) is 10.9 Å². The van der Waals surface area contributed by atoms with Crippen molar-refractivity contribution >= 4 is 34.4 Å². The monoisotopic (exact) mass is 484 g/mol. The molecule has 0 aliphatic carbocycles. The number of aromatic nitrogens is 6. The molecule has 3 heterocycles. The Kier molecular flexibility index (Phi) is 5.56. The van der Waals surface area contributed by atoms with Crippen LogP contribution in [-0.2, 0) is 5.75 Å². The van der Waals surface area contributed by atoms with Crippen molar-refractivity contribution in [3.8, 4) is 22.8 Å². The Morgan fingerprint density at radius 3 is 2.79 bits per heavy atom. The molecule has 3 aromatic heterocycles. The molecule has 33 heavy (non-hydrogen) atoms. The van der Waals surface area contributed by atoms with Crippen LogP contribution < -0.4 is 10.3 Å². The Bertz CT molecular complexity index is 1520. The second-order valence-electron chi connectivity index (χ2n) is 6.79. The van der Waals surface area contributed by atoms with Gasteiger partial charge in [-0.2, -0.15) is 10.1 Å². The Labute approximate surface area is 194 Å².